The lowest BCUT2D eigenvalue weighted by molar-refractivity contribution is -0.143. The van der Waals surface area contributed by atoms with Gasteiger partial charge in [-0.05, 0) is 94.9 Å². The summed E-state index contributed by atoms with van der Waals surface area (Å²) in [5, 5.41) is 72.7. The second-order valence-corrected chi connectivity index (χ2v) is 14.0. The highest BCUT2D eigenvalue weighted by Crippen LogP contribution is 2.02. The Bertz CT molecular complexity index is 1460. The van der Waals surface area contributed by atoms with Gasteiger partial charge in [-0.1, -0.05) is 13.3 Å². The number of likely N-dealkylation sites (N-methyl/N-ethyl adjacent to an activating group) is 6. The van der Waals surface area contributed by atoms with Crippen LogP contribution in [0, 0.1) is 0 Å². The molecule has 1 unspecified atom stereocenters. The Morgan fingerprint density at radius 3 is 1.31 bits per heavy atom. The molecule has 67 heavy (non-hydrogen) atoms. The molecular weight excluding hydrogens is 889 g/mol. The van der Waals surface area contributed by atoms with Gasteiger partial charge in [0, 0.05) is 46.7 Å². The van der Waals surface area contributed by atoms with E-state index in [1.807, 2.05) is 27.2 Å². The maximum Gasteiger partial charge on any atom is 0.323 e. The number of carbonyl (C=O) groups is 8. The van der Waals surface area contributed by atoms with Crippen molar-refractivity contribution in [2.24, 2.45) is 7.05 Å². The Morgan fingerprint density at radius 1 is 0.612 bits per heavy atom. The number of unbranched alkanes of at least 4 members (excludes halogenated alkanes) is 1. The van der Waals surface area contributed by atoms with Crippen LogP contribution in [0.5, 0.6) is 0 Å². The first-order chi connectivity index (χ1) is 31.4. The first-order valence-corrected chi connectivity index (χ1v) is 21.3. The Morgan fingerprint density at radius 2 is 1.04 bits per heavy atom. The van der Waals surface area contributed by atoms with E-state index in [1.165, 1.54) is 28.3 Å². The first-order valence-electron chi connectivity index (χ1n) is 21.3. The Labute approximate surface area is 394 Å². The van der Waals surface area contributed by atoms with Crippen molar-refractivity contribution in [3.63, 3.8) is 0 Å². The largest absolute Gasteiger partial charge is 0.480 e. The van der Waals surface area contributed by atoms with E-state index in [9.17, 15) is 38.4 Å². The highest BCUT2D eigenvalue weighted by atomic mass is 16.5. The molecule has 14 N–H and O–H groups in total. The molecule has 1 amide bonds. The van der Waals surface area contributed by atoms with Crippen molar-refractivity contribution in [1.82, 2.24) is 52.1 Å². The van der Waals surface area contributed by atoms with Crippen LogP contribution in [-0.2, 0) is 61.3 Å². The van der Waals surface area contributed by atoms with Gasteiger partial charge in [0.05, 0.1) is 25.2 Å². The monoisotopic (exact) mass is 971 g/mol. The Hall–Kier alpha value is -5.35. The highest BCUT2D eigenvalue weighted by Gasteiger charge is 2.22. The summed E-state index contributed by atoms with van der Waals surface area (Å²) >= 11 is 0. The molecule has 0 aliphatic heterocycles. The number of aryl methyl sites for hydroxylation is 1. The number of amides is 1. The number of methoxy groups -OCH3 is 2. The van der Waals surface area contributed by atoms with Crippen molar-refractivity contribution in [2.75, 3.05) is 77.1 Å². The van der Waals surface area contributed by atoms with Crippen LogP contribution in [0.4, 0.5) is 0 Å². The number of carboxylic acid groups (broad SMARTS) is 6. The normalized spacial score (nSPS) is 13.1. The Balaban J connectivity index is -0.000000231. The summed E-state index contributed by atoms with van der Waals surface area (Å²) in [5.74, 6) is -5.71. The van der Waals surface area contributed by atoms with E-state index < -0.39 is 66.0 Å². The van der Waals surface area contributed by atoms with Crippen LogP contribution in [-0.4, -0.2) is 207 Å². The van der Waals surface area contributed by atoms with Crippen molar-refractivity contribution in [2.45, 2.75) is 114 Å². The molecule has 0 spiro atoms. The van der Waals surface area contributed by atoms with Crippen molar-refractivity contribution in [3.8, 4) is 0 Å². The van der Waals surface area contributed by atoms with Gasteiger partial charge < -0.3 is 87.2 Å². The standard InChI is InChI=1S/C8H13N3O2.C8H18N2O2.C7H14N2O3.C7H13NO4.C6H13NO3.C5H11NO2/c1-9-7(8(12)13)3-6-4-11(2)5-10-6;1-9-6-4-3-5-7(10-2)8(11)12;1-8-5(7(11)12)3-4-6(10)9-2;1-8-5(7(10)11)3-4-6(9)12-2;1-4(10-3)5(7-2)6(8)9;1-3-4(6-2)5(7)8/h4-5,7,9H,3H2,1-2H3,(H,12,13);7,9-10H,3-6H2,1-2H3,(H,11,12);5,8H,3-4H2,1-2H3,(H,9,10)(H,11,12);5,8H,3-4H2,1-2H3,(H,10,11);4-5,7H,1-3H3,(H,8,9);4,6H,3H2,1-2H3,(H,7,8)/t2*7-;2*5-;4?,5-;4-/m000000/s1. The summed E-state index contributed by atoms with van der Waals surface area (Å²) < 4.78 is 11.0. The van der Waals surface area contributed by atoms with Gasteiger partial charge in [0.1, 0.15) is 36.3 Å². The van der Waals surface area contributed by atoms with Gasteiger partial charge in [-0.2, -0.15) is 0 Å². The van der Waals surface area contributed by atoms with E-state index >= 15 is 0 Å². The van der Waals surface area contributed by atoms with Gasteiger partial charge in [-0.3, -0.25) is 38.4 Å². The van der Waals surface area contributed by atoms with Crippen molar-refractivity contribution < 1.29 is 78.5 Å². The molecule has 392 valence electrons. The molecule has 0 radical (unpaired) electrons. The molecule has 0 aromatic carbocycles. The van der Waals surface area contributed by atoms with Crippen LogP contribution in [0.25, 0.3) is 0 Å². The number of nitrogens with zero attached hydrogens (tertiary/aromatic N) is 2. The number of aromatic nitrogens is 2. The molecule has 0 aliphatic rings. The van der Waals surface area contributed by atoms with Crippen LogP contribution in [0.2, 0.25) is 0 Å². The van der Waals surface area contributed by atoms with Gasteiger partial charge in [0.15, 0.2) is 0 Å². The lowest BCUT2D eigenvalue weighted by atomic mass is 10.1. The van der Waals surface area contributed by atoms with Gasteiger partial charge in [0.25, 0.3) is 0 Å². The average molecular weight is 971 g/mol. The lowest BCUT2D eigenvalue weighted by Gasteiger charge is -2.17. The minimum absolute atomic E-state index is 0.119. The fraction of sp³-hybridized carbons (Fsp3) is 0.732. The molecule has 0 fully saturated rings. The van der Waals surface area contributed by atoms with Gasteiger partial charge in [-0.25, -0.2) is 4.98 Å². The van der Waals surface area contributed by atoms with E-state index in [0.717, 1.165) is 25.1 Å². The number of ether oxygens (including phenoxy) is 2. The van der Waals surface area contributed by atoms with E-state index in [0.29, 0.717) is 25.7 Å². The third kappa shape index (κ3) is 40.6. The number of hydrogen-bond donors (Lipinski definition) is 14. The molecule has 7 atom stereocenters. The third-order valence-corrected chi connectivity index (χ3v) is 9.20. The maximum atomic E-state index is 10.7. The van der Waals surface area contributed by atoms with Gasteiger partial charge in [0.2, 0.25) is 5.91 Å². The molecule has 0 saturated heterocycles. The zero-order chi connectivity index (χ0) is 53.1. The molecule has 0 saturated carbocycles. The number of esters is 1. The smallest absolute Gasteiger partial charge is 0.323 e. The zero-order valence-corrected chi connectivity index (χ0v) is 41.4. The van der Waals surface area contributed by atoms with E-state index in [2.05, 4.69) is 52.3 Å². The van der Waals surface area contributed by atoms with Crippen LogP contribution in [0.1, 0.15) is 70.9 Å². The average Bonchev–Trinajstić information content (AvgIpc) is 3.70. The fourth-order valence-electron chi connectivity index (χ4n) is 4.88. The number of hydrogen-bond acceptors (Lipinski definition) is 18. The number of rotatable bonds is 28. The van der Waals surface area contributed by atoms with E-state index in [4.69, 9.17) is 35.4 Å². The maximum absolute atomic E-state index is 10.7. The molecule has 0 bridgehead atoms. The van der Waals surface area contributed by atoms with Crippen LogP contribution in [0.3, 0.4) is 0 Å². The van der Waals surface area contributed by atoms with Crippen molar-refractivity contribution in [1.29, 1.82) is 0 Å². The quantitative estimate of drug-likeness (QED) is 0.0327. The fourth-order valence-corrected chi connectivity index (χ4v) is 4.88. The summed E-state index contributed by atoms with van der Waals surface area (Å²) in [7, 11) is 17.7. The Kier molecular flexibility index (Phi) is 48.3. The molecule has 26 nitrogen and oxygen atoms in total. The second kappa shape index (κ2) is 45.8. The summed E-state index contributed by atoms with van der Waals surface area (Å²) in [6.07, 6.45) is 7.79. The zero-order valence-electron chi connectivity index (χ0n) is 41.4. The van der Waals surface area contributed by atoms with Crippen molar-refractivity contribution in [3.05, 3.63) is 18.2 Å². The molecule has 1 rings (SSSR count). The van der Waals surface area contributed by atoms with E-state index in [1.54, 1.807) is 53.1 Å². The summed E-state index contributed by atoms with van der Waals surface area (Å²) in [4.78, 5) is 87.9. The molecule has 26 heteroatoms. The summed E-state index contributed by atoms with van der Waals surface area (Å²) in [6, 6.07) is -3.26. The highest BCUT2D eigenvalue weighted by molar-refractivity contribution is 5.78. The number of carbonyl (C=O) groups excluding carboxylic acids is 2. The van der Waals surface area contributed by atoms with Crippen LogP contribution >= 0.6 is 0 Å². The number of aliphatic carboxylic acids is 6. The van der Waals surface area contributed by atoms with E-state index in [-0.39, 0.29) is 43.4 Å². The van der Waals surface area contributed by atoms with Gasteiger partial charge >= 0.3 is 41.8 Å². The summed E-state index contributed by atoms with van der Waals surface area (Å²) in [5.41, 5.74) is 0.782. The lowest BCUT2D eigenvalue weighted by Crippen LogP contribution is -2.43. The molecule has 1 aromatic rings. The minimum Gasteiger partial charge on any atom is -0.480 e. The number of carboxylic acids is 6. The van der Waals surface area contributed by atoms with Crippen LogP contribution in [0.15, 0.2) is 12.5 Å². The van der Waals surface area contributed by atoms with Crippen LogP contribution < -0.4 is 42.5 Å². The number of imidazole rings is 1. The minimum atomic E-state index is -0.957. The molecular formula is C41H82N10O16. The third-order valence-electron chi connectivity index (χ3n) is 9.20. The van der Waals surface area contributed by atoms with Crippen molar-refractivity contribution >= 4 is 47.7 Å². The molecule has 1 aromatic heterocycles. The summed E-state index contributed by atoms with van der Waals surface area (Å²) in [6.45, 7) is 4.49. The second-order valence-electron chi connectivity index (χ2n) is 14.0. The van der Waals surface area contributed by atoms with Gasteiger partial charge in [-0.15, -0.1) is 0 Å². The topological polar surface area (TPSA) is 390 Å². The predicted octanol–water partition coefficient (Wildman–Crippen LogP) is -1.76. The number of nitrogens with one attached hydrogen (secondary N) is 8. The SMILES string of the molecule is CC[C@H](NC)C(=O)O.CNC(=O)CC[C@H](NC)C(=O)O.CNCCCC[C@H](NC)C(=O)O.CN[C@@H](CCC(=O)OC)C(=O)O.CN[C@@H](Cc1cn(C)cn1)C(=O)O.CN[C@H](C(=O)O)C(C)OC. The first kappa shape index (κ1) is 70.7. The molecule has 0 aliphatic carbocycles. The predicted molar refractivity (Wildman–Crippen MR) is 249 cm³/mol. The molecule has 1 heterocycles.